The van der Waals surface area contributed by atoms with Gasteiger partial charge in [-0.05, 0) is 12.8 Å². The number of hydrogen-bond donors (Lipinski definition) is 1. The van der Waals surface area contributed by atoms with Crippen LogP contribution in [0.5, 0.6) is 0 Å². The molecule has 1 saturated heterocycles. The molecule has 0 aromatic heterocycles. The quantitative estimate of drug-likeness (QED) is 0.756. The predicted octanol–water partition coefficient (Wildman–Crippen LogP) is -0.191. The summed E-state index contributed by atoms with van der Waals surface area (Å²) < 4.78 is 30.8. The van der Waals surface area contributed by atoms with Crippen molar-refractivity contribution in [2.45, 2.75) is 26.8 Å². The van der Waals surface area contributed by atoms with E-state index in [1.165, 1.54) is 0 Å². The van der Waals surface area contributed by atoms with Crippen LogP contribution in [0.4, 0.5) is 0 Å². The van der Waals surface area contributed by atoms with Gasteiger partial charge in [-0.2, -0.15) is 0 Å². The number of ether oxygens (including phenoxy) is 1. The third kappa shape index (κ3) is 4.22. The average molecular weight is 278 g/mol. The minimum absolute atomic E-state index is 0.0212. The Bertz CT molecular complexity index is 375. The van der Waals surface area contributed by atoms with Crippen LogP contribution >= 0.6 is 0 Å². The number of morpholine rings is 1. The Morgan fingerprint density at radius 2 is 1.89 bits per heavy atom. The lowest BCUT2D eigenvalue weighted by Gasteiger charge is -2.32. The van der Waals surface area contributed by atoms with Gasteiger partial charge in [0, 0.05) is 13.1 Å². The van der Waals surface area contributed by atoms with Crippen molar-refractivity contribution >= 4 is 15.9 Å². The van der Waals surface area contributed by atoms with Gasteiger partial charge in [0.05, 0.1) is 19.0 Å². The minimum atomic E-state index is -3.38. The van der Waals surface area contributed by atoms with Gasteiger partial charge in [-0.1, -0.05) is 13.8 Å². The molecule has 0 aromatic rings. The SMILES string of the molecule is CCS(=O)(=O)N[C@@H](C(=O)N1CCOCC1)C(C)C. The molecular weight excluding hydrogens is 256 g/mol. The van der Waals surface area contributed by atoms with E-state index >= 15 is 0 Å². The lowest BCUT2D eigenvalue weighted by molar-refractivity contribution is -0.138. The molecule has 1 fully saturated rings. The largest absolute Gasteiger partial charge is 0.378 e. The number of carbonyl (C=O) groups excluding carboxylic acids is 1. The molecule has 0 unspecified atom stereocenters. The van der Waals surface area contributed by atoms with Gasteiger partial charge >= 0.3 is 0 Å². The summed E-state index contributed by atoms with van der Waals surface area (Å²) >= 11 is 0. The number of amides is 1. The van der Waals surface area contributed by atoms with Gasteiger partial charge in [0.25, 0.3) is 0 Å². The molecule has 1 heterocycles. The first-order valence-electron chi connectivity index (χ1n) is 6.24. The Hall–Kier alpha value is -0.660. The summed E-state index contributed by atoms with van der Waals surface area (Å²) in [4.78, 5) is 13.9. The molecule has 0 bridgehead atoms. The molecule has 1 atom stereocenters. The molecule has 0 saturated carbocycles. The topological polar surface area (TPSA) is 75.7 Å². The third-order valence-electron chi connectivity index (χ3n) is 2.94. The van der Waals surface area contributed by atoms with E-state index in [1.807, 2.05) is 13.8 Å². The fourth-order valence-corrected chi connectivity index (χ4v) is 2.66. The van der Waals surface area contributed by atoms with Crippen LogP contribution in [0.25, 0.3) is 0 Å². The zero-order chi connectivity index (χ0) is 13.8. The Kier molecular flexibility index (Phi) is 5.55. The van der Waals surface area contributed by atoms with Crippen molar-refractivity contribution in [1.29, 1.82) is 0 Å². The number of nitrogens with one attached hydrogen (secondary N) is 1. The monoisotopic (exact) mass is 278 g/mol. The van der Waals surface area contributed by atoms with Crippen molar-refractivity contribution in [1.82, 2.24) is 9.62 Å². The van der Waals surface area contributed by atoms with E-state index in [0.717, 1.165) is 0 Å². The number of nitrogens with zero attached hydrogens (tertiary/aromatic N) is 1. The van der Waals surface area contributed by atoms with E-state index in [4.69, 9.17) is 4.74 Å². The first-order valence-corrected chi connectivity index (χ1v) is 7.89. The second kappa shape index (κ2) is 6.49. The Labute approximate surface area is 109 Å². The zero-order valence-corrected chi connectivity index (χ0v) is 12.0. The van der Waals surface area contributed by atoms with Gasteiger partial charge in [-0.15, -0.1) is 0 Å². The van der Waals surface area contributed by atoms with Crippen LogP contribution in [0.3, 0.4) is 0 Å². The zero-order valence-electron chi connectivity index (χ0n) is 11.2. The highest BCUT2D eigenvalue weighted by molar-refractivity contribution is 7.89. The third-order valence-corrected chi connectivity index (χ3v) is 4.32. The lowest BCUT2D eigenvalue weighted by Crippen LogP contribution is -2.54. The summed E-state index contributed by atoms with van der Waals surface area (Å²) in [6, 6.07) is -0.687. The molecule has 1 rings (SSSR count). The molecule has 1 amide bonds. The number of carbonyl (C=O) groups is 1. The van der Waals surface area contributed by atoms with Crippen molar-refractivity contribution in [2.24, 2.45) is 5.92 Å². The molecular formula is C11H22N2O4S. The Morgan fingerprint density at radius 3 is 2.33 bits per heavy atom. The van der Waals surface area contributed by atoms with Crippen LogP contribution < -0.4 is 4.72 Å². The summed E-state index contributed by atoms with van der Waals surface area (Å²) in [7, 11) is -3.38. The highest BCUT2D eigenvalue weighted by Gasteiger charge is 2.30. The average Bonchev–Trinajstić information content (AvgIpc) is 2.36. The molecule has 6 nitrogen and oxygen atoms in total. The van der Waals surface area contributed by atoms with Gasteiger partial charge in [-0.25, -0.2) is 13.1 Å². The van der Waals surface area contributed by atoms with Crippen LogP contribution in [0.1, 0.15) is 20.8 Å². The smallest absolute Gasteiger partial charge is 0.241 e. The molecule has 0 aromatic carbocycles. The molecule has 0 aliphatic carbocycles. The van der Waals surface area contributed by atoms with E-state index in [2.05, 4.69) is 4.72 Å². The van der Waals surface area contributed by atoms with Gasteiger partial charge < -0.3 is 9.64 Å². The molecule has 0 spiro atoms. The summed E-state index contributed by atoms with van der Waals surface area (Å²) in [6.07, 6.45) is 0. The van der Waals surface area contributed by atoms with Crippen molar-refractivity contribution < 1.29 is 17.9 Å². The van der Waals surface area contributed by atoms with E-state index < -0.39 is 16.1 Å². The van der Waals surface area contributed by atoms with Gasteiger partial charge in [0.1, 0.15) is 6.04 Å². The first kappa shape index (κ1) is 15.4. The van der Waals surface area contributed by atoms with Crippen molar-refractivity contribution in [3.05, 3.63) is 0 Å². The maximum atomic E-state index is 12.3. The van der Waals surface area contributed by atoms with Crippen molar-refractivity contribution in [3.8, 4) is 0 Å². The fourth-order valence-electron chi connectivity index (χ4n) is 1.73. The van der Waals surface area contributed by atoms with Crippen molar-refractivity contribution in [2.75, 3.05) is 32.1 Å². The Morgan fingerprint density at radius 1 is 1.33 bits per heavy atom. The van der Waals surface area contributed by atoms with E-state index in [-0.39, 0.29) is 17.6 Å². The highest BCUT2D eigenvalue weighted by atomic mass is 32.2. The first-order chi connectivity index (χ1) is 8.37. The number of rotatable bonds is 5. The summed E-state index contributed by atoms with van der Waals surface area (Å²) in [5.74, 6) is -0.265. The van der Waals surface area contributed by atoms with Crippen LogP contribution in [-0.4, -0.2) is 57.3 Å². The van der Waals surface area contributed by atoms with Crippen LogP contribution in [-0.2, 0) is 19.6 Å². The van der Waals surface area contributed by atoms with Gasteiger partial charge in [0.15, 0.2) is 0 Å². The maximum Gasteiger partial charge on any atom is 0.241 e. The van der Waals surface area contributed by atoms with Crippen LogP contribution in [0.15, 0.2) is 0 Å². The molecule has 1 aliphatic rings. The van der Waals surface area contributed by atoms with Crippen molar-refractivity contribution in [3.63, 3.8) is 0 Å². The molecule has 0 radical (unpaired) electrons. The normalized spacial score (nSPS) is 19.0. The minimum Gasteiger partial charge on any atom is -0.378 e. The molecule has 1 aliphatic heterocycles. The number of hydrogen-bond acceptors (Lipinski definition) is 4. The van der Waals surface area contributed by atoms with E-state index in [9.17, 15) is 13.2 Å². The fraction of sp³-hybridized carbons (Fsp3) is 0.909. The summed E-state index contributed by atoms with van der Waals surface area (Å²) in [5.41, 5.74) is 0. The van der Waals surface area contributed by atoms with Gasteiger partial charge in [0.2, 0.25) is 15.9 Å². The van der Waals surface area contributed by atoms with E-state index in [0.29, 0.717) is 26.3 Å². The summed E-state index contributed by atoms with van der Waals surface area (Å²) in [5, 5.41) is 0. The maximum absolute atomic E-state index is 12.3. The molecule has 18 heavy (non-hydrogen) atoms. The van der Waals surface area contributed by atoms with Crippen LogP contribution in [0, 0.1) is 5.92 Å². The summed E-state index contributed by atoms with van der Waals surface area (Å²) in [6.45, 7) is 7.29. The Balaban J connectivity index is 2.75. The number of sulfonamides is 1. The molecule has 1 N–H and O–H groups in total. The molecule has 106 valence electrons. The highest BCUT2D eigenvalue weighted by Crippen LogP contribution is 2.09. The predicted molar refractivity (Wildman–Crippen MR) is 68.6 cm³/mol. The second-order valence-corrected chi connectivity index (χ2v) is 6.72. The van der Waals surface area contributed by atoms with Crippen LogP contribution in [0.2, 0.25) is 0 Å². The lowest BCUT2D eigenvalue weighted by atomic mass is 10.0. The van der Waals surface area contributed by atoms with Gasteiger partial charge in [-0.3, -0.25) is 4.79 Å². The standard InChI is InChI=1S/C11H22N2O4S/c1-4-18(15,16)12-10(9(2)3)11(14)13-5-7-17-8-6-13/h9-10,12H,4-8H2,1-3H3/t10-/m1/s1. The van der Waals surface area contributed by atoms with E-state index in [1.54, 1.807) is 11.8 Å². The second-order valence-electron chi connectivity index (χ2n) is 4.68. The molecule has 7 heteroatoms.